The number of aromatic nitrogens is 3. The molecule has 4 aromatic rings. The van der Waals surface area contributed by atoms with Gasteiger partial charge in [0.1, 0.15) is 27.9 Å². The molecule has 2 aromatic carbocycles. The molecule has 0 spiro atoms. The Morgan fingerprint density at radius 3 is 2.50 bits per heavy atom. The third-order valence-electron chi connectivity index (χ3n) is 4.83. The first-order valence-corrected chi connectivity index (χ1v) is 11.7. The van der Waals surface area contributed by atoms with Crippen molar-refractivity contribution < 1.29 is 28.7 Å². The van der Waals surface area contributed by atoms with Gasteiger partial charge in [0.15, 0.2) is 5.82 Å². The van der Waals surface area contributed by atoms with E-state index in [0.717, 1.165) is 11.8 Å². The van der Waals surface area contributed by atoms with Crippen LogP contribution >= 0.6 is 27.7 Å². The molecule has 0 amide bonds. The monoisotopic (exact) mass is 572 g/mol. The molecule has 0 fully saturated rings. The summed E-state index contributed by atoms with van der Waals surface area (Å²) in [6.45, 7) is 0. The minimum atomic E-state index is -1.19. The van der Waals surface area contributed by atoms with E-state index >= 15 is 0 Å². The zero-order valence-electron chi connectivity index (χ0n) is 18.7. The van der Waals surface area contributed by atoms with Crippen molar-refractivity contribution in [3.63, 3.8) is 0 Å². The topological polar surface area (TPSA) is 154 Å². The van der Waals surface area contributed by atoms with Gasteiger partial charge in [0.25, 0.3) is 5.69 Å². The summed E-state index contributed by atoms with van der Waals surface area (Å²) in [6.07, 6.45) is 1.35. The fourth-order valence-electron chi connectivity index (χ4n) is 3.12. The van der Waals surface area contributed by atoms with E-state index < -0.39 is 10.9 Å². The molecule has 0 unspecified atom stereocenters. The Balaban J connectivity index is 1.57. The molecule has 0 atom stereocenters. The molecule has 2 N–H and O–H groups in total. The lowest BCUT2D eigenvalue weighted by Crippen LogP contribution is -1.97. The third kappa shape index (κ3) is 5.58. The second-order valence-electron chi connectivity index (χ2n) is 7.11. The Kier molecular flexibility index (Phi) is 7.41. The normalized spacial score (nSPS) is 11.4. The molecular formula is C23H17BrN4O7S. The van der Waals surface area contributed by atoms with Gasteiger partial charge in [-0.1, -0.05) is 0 Å². The first-order valence-electron chi connectivity index (χ1n) is 10.1. The van der Waals surface area contributed by atoms with Gasteiger partial charge in [-0.25, -0.2) is 9.78 Å². The molecule has 0 aliphatic carbocycles. The van der Waals surface area contributed by atoms with Crippen molar-refractivity contribution in [1.29, 1.82) is 0 Å². The van der Waals surface area contributed by atoms with Gasteiger partial charge in [0, 0.05) is 39.9 Å². The lowest BCUT2D eigenvalue weighted by Gasteiger charge is -2.06. The second kappa shape index (κ2) is 10.7. The number of carbonyl (C=O) groups is 1. The number of halogens is 1. The Bertz CT molecular complexity index is 1460. The zero-order chi connectivity index (χ0) is 25.8. The number of methoxy groups -OCH3 is 2. The number of furan rings is 1. The number of carboxylic acid groups (broad SMARTS) is 1. The molecule has 2 aromatic heterocycles. The van der Waals surface area contributed by atoms with Gasteiger partial charge in [-0.05, 0) is 58.0 Å². The Hall–Kier alpha value is -4.10. The SMILES string of the molecule is COc1cc(OC)cc(-c2nc(S/C(=C\c3ccc(-c4ccc([N+](=O)[O-])cc4Br)o3)C(=O)O)n[nH]2)c1. The number of hydrogen-bond acceptors (Lipinski definition) is 9. The summed E-state index contributed by atoms with van der Waals surface area (Å²) in [5.74, 6) is 1.02. The van der Waals surface area contributed by atoms with Crippen LogP contribution in [0.4, 0.5) is 5.69 Å². The van der Waals surface area contributed by atoms with Gasteiger partial charge >= 0.3 is 5.97 Å². The minimum absolute atomic E-state index is 0.0693. The number of aromatic amines is 1. The first-order chi connectivity index (χ1) is 17.3. The fourth-order valence-corrected chi connectivity index (χ4v) is 4.37. The molecular weight excluding hydrogens is 556 g/mol. The summed E-state index contributed by atoms with van der Waals surface area (Å²) in [4.78, 5) is 26.6. The van der Waals surface area contributed by atoms with E-state index in [4.69, 9.17) is 13.9 Å². The summed E-state index contributed by atoms with van der Waals surface area (Å²) >= 11 is 4.15. The average Bonchev–Trinajstić information content (AvgIpc) is 3.53. The van der Waals surface area contributed by atoms with Crippen LogP contribution in [0.3, 0.4) is 0 Å². The van der Waals surface area contributed by atoms with Crippen molar-refractivity contribution in [1.82, 2.24) is 15.2 Å². The molecule has 0 saturated heterocycles. The lowest BCUT2D eigenvalue weighted by molar-refractivity contribution is -0.384. The molecule has 2 heterocycles. The van der Waals surface area contributed by atoms with Gasteiger partial charge in [-0.2, -0.15) is 0 Å². The number of carboxylic acids is 1. The van der Waals surface area contributed by atoms with Crippen LogP contribution in [0, 0.1) is 10.1 Å². The largest absolute Gasteiger partial charge is 0.497 e. The van der Waals surface area contributed by atoms with Crippen molar-refractivity contribution in [2.75, 3.05) is 14.2 Å². The number of aliphatic carboxylic acids is 1. The van der Waals surface area contributed by atoms with Gasteiger partial charge in [-0.3, -0.25) is 15.2 Å². The Morgan fingerprint density at radius 1 is 1.17 bits per heavy atom. The average molecular weight is 573 g/mol. The number of nitro groups is 1. The zero-order valence-corrected chi connectivity index (χ0v) is 21.1. The molecule has 4 rings (SSSR count). The molecule has 36 heavy (non-hydrogen) atoms. The van der Waals surface area contributed by atoms with Crippen LogP contribution in [0.1, 0.15) is 5.76 Å². The van der Waals surface area contributed by atoms with E-state index in [1.54, 1.807) is 36.4 Å². The minimum Gasteiger partial charge on any atom is -0.497 e. The maximum Gasteiger partial charge on any atom is 0.342 e. The smallest absolute Gasteiger partial charge is 0.342 e. The quantitative estimate of drug-likeness (QED) is 0.111. The summed E-state index contributed by atoms with van der Waals surface area (Å²) in [6, 6.07) is 12.7. The molecule has 13 heteroatoms. The predicted octanol–water partition coefficient (Wildman–Crippen LogP) is 5.64. The maximum absolute atomic E-state index is 11.9. The number of non-ortho nitro benzene ring substituents is 1. The van der Waals surface area contributed by atoms with Gasteiger partial charge in [0.2, 0.25) is 5.16 Å². The van der Waals surface area contributed by atoms with Crippen molar-refractivity contribution in [2.24, 2.45) is 0 Å². The van der Waals surface area contributed by atoms with Crippen LogP contribution in [0.2, 0.25) is 0 Å². The molecule has 184 valence electrons. The number of benzene rings is 2. The van der Waals surface area contributed by atoms with Crippen LogP contribution in [0.25, 0.3) is 28.8 Å². The molecule has 0 radical (unpaired) electrons. The number of H-pyrrole nitrogens is 1. The highest BCUT2D eigenvalue weighted by atomic mass is 79.9. The van der Waals surface area contributed by atoms with E-state index in [-0.39, 0.29) is 21.5 Å². The number of hydrogen-bond donors (Lipinski definition) is 2. The highest BCUT2D eigenvalue weighted by Crippen LogP contribution is 2.34. The molecule has 0 aliphatic heterocycles. The number of nitrogens with one attached hydrogen (secondary N) is 1. The maximum atomic E-state index is 11.9. The van der Waals surface area contributed by atoms with Gasteiger partial charge < -0.3 is 19.0 Å². The summed E-state index contributed by atoms with van der Waals surface area (Å²) in [7, 11) is 3.06. The van der Waals surface area contributed by atoms with Crippen molar-refractivity contribution >= 4 is 45.4 Å². The molecule has 0 bridgehead atoms. The number of rotatable bonds is 9. The lowest BCUT2D eigenvalue weighted by atomic mass is 10.1. The number of nitro benzene ring substituents is 1. The Labute approximate surface area is 216 Å². The molecule has 11 nitrogen and oxygen atoms in total. The van der Waals surface area contributed by atoms with E-state index in [1.165, 1.54) is 32.4 Å². The predicted molar refractivity (Wildman–Crippen MR) is 135 cm³/mol. The number of thioether (sulfide) groups is 1. The molecule has 0 aliphatic rings. The standard InChI is InChI=1S/C23H17BrN4O7S/c1-33-15-7-12(8-16(10-15)34-2)21-25-23(27-26-21)36-20(22(29)30)11-14-4-6-19(35-14)17-5-3-13(28(31)32)9-18(17)24/h3-11H,1-2H3,(H,29,30)(H,25,26,27)/b20-11-. The van der Waals surface area contributed by atoms with E-state index in [0.29, 0.717) is 38.7 Å². The van der Waals surface area contributed by atoms with Crippen LogP contribution in [-0.4, -0.2) is 45.4 Å². The van der Waals surface area contributed by atoms with Crippen molar-refractivity contribution in [2.45, 2.75) is 5.16 Å². The number of nitrogens with zero attached hydrogens (tertiary/aromatic N) is 3. The van der Waals surface area contributed by atoms with Crippen molar-refractivity contribution in [3.8, 4) is 34.2 Å². The van der Waals surface area contributed by atoms with E-state index in [1.807, 2.05) is 0 Å². The highest BCUT2D eigenvalue weighted by molar-refractivity contribution is 9.10. The van der Waals surface area contributed by atoms with E-state index in [9.17, 15) is 20.0 Å². The summed E-state index contributed by atoms with van der Waals surface area (Å²) in [5.41, 5.74) is 1.16. The van der Waals surface area contributed by atoms with Crippen molar-refractivity contribution in [3.05, 3.63) is 73.8 Å². The van der Waals surface area contributed by atoms with Crippen LogP contribution < -0.4 is 9.47 Å². The molecule has 0 saturated carbocycles. The van der Waals surface area contributed by atoms with Gasteiger partial charge in [0.05, 0.1) is 19.1 Å². The Morgan fingerprint density at radius 2 is 1.89 bits per heavy atom. The van der Waals surface area contributed by atoms with E-state index in [2.05, 4.69) is 31.1 Å². The second-order valence-corrected chi connectivity index (χ2v) is 8.97. The number of ether oxygens (including phenoxy) is 2. The summed E-state index contributed by atoms with van der Waals surface area (Å²) < 4.78 is 16.8. The van der Waals surface area contributed by atoms with Crippen LogP contribution in [-0.2, 0) is 4.79 Å². The fraction of sp³-hybridized carbons (Fsp3) is 0.0870. The third-order valence-corrected chi connectivity index (χ3v) is 6.36. The highest BCUT2D eigenvalue weighted by Gasteiger charge is 2.17. The van der Waals surface area contributed by atoms with Crippen LogP contribution in [0.15, 0.2) is 67.5 Å². The van der Waals surface area contributed by atoms with Gasteiger partial charge in [-0.15, -0.1) is 5.10 Å². The first kappa shape index (κ1) is 25.0. The summed E-state index contributed by atoms with van der Waals surface area (Å²) in [5, 5.41) is 27.7. The van der Waals surface area contributed by atoms with Crippen LogP contribution in [0.5, 0.6) is 11.5 Å².